The van der Waals surface area contributed by atoms with Gasteiger partial charge in [0.1, 0.15) is 0 Å². The Morgan fingerprint density at radius 2 is 2.11 bits per heavy atom. The number of para-hydroxylation sites is 1. The maximum Gasteiger partial charge on any atom is 0.253 e. The third kappa shape index (κ3) is 4.13. The van der Waals surface area contributed by atoms with Crippen LogP contribution in [0.15, 0.2) is 24.3 Å². The zero-order valence-electron chi connectivity index (χ0n) is 11.4. The van der Waals surface area contributed by atoms with Gasteiger partial charge in [0.25, 0.3) is 5.91 Å². The van der Waals surface area contributed by atoms with Gasteiger partial charge in [0.15, 0.2) is 0 Å². The third-order valence-electron chi connectivity index (χ3n) is 3.90. The fraction of sp³-hybridized carbons (Fsp3) is 0.533. The van der Waals surface area contributed by atoms with Crippen LogP contribution in [0.3, 0.4) is 0 Å². The molecule has 19 heavy (non-hydrogen) atoms. The second-order valence-corrected chi connectivity index (χ2v) is 5.20. The molecule has 1 saturated carbocycles. The predicted molar refractivity (Wildman–Crippen MR) is 81.6 cm³/mol. The molecule has 0 radical (unpaired) electrons. The Morgan fingerprint density at radius 1 is 1.37 bits per heavy atom. The summed E-state index contributed by atoms with van der Waals surface area (Å²) in [6.07, 6.45) is 5.92. The van der Waals surface area contributed by atoms with Crippen molar-refractivity contribution in [1.29, 1.82) is 0 Å². The number of anilines is 1. The number of benzene rings is 1. The molecule has 0 aromatic heterocycles. The Balaban J connectivity index is 0.00000180. The molecule has 0 aliphatic heterocycles. The number of carbonyl (C=O) groups excluding carboxylic acids is 1. The molecule has 3 N–H and O–H groups in total. The number of hydrogen-bond acceptors (Lipinski definition) is 2. The number of nitrogen functional groups attached to an aromatic ring is 1. The molecule has 3 nitrogen and oxygen atoms in total. The van der Waals surface area contributed by atoms with Crippen molar-refractivity contribution < 1.29 is 4.79 Å². The van der Waals surface area contributed by atoms with E-state index >= 15 is 0 Å². The van der Waals surface area contributed by atoms with Crippen LogP contribution in [0.1, 0.15) is 49.4 Å². The molecule has 0 spiro atoms. The van der Waals surface area contributed by atoms with Gasteiger partial charge in [0.05, 0.1) is 5.56 Å². The van der Waals surface area contributed by atoms with E-state index < -0.39 is 0 Å². The van der Waals surface area contributed by atoms with Crippen LogP contribution in [0, 0.1) is 5.92 Å². The van der Waals surface area contributed by atoms with E-state index in [-0.39, 0.29) is 18.3 Å². The summed E-state index contributed by atoms with van der Waals surface area (Å²) in [5.74, 6) is 0.729. The SMILES string of the molecule is CCC1CCCC(NC(=O)c2ccccc2N)C1.Cl. The van der Waals surface area contributed by atoms with Crippen LogP contribution in [0.5, 0.6) is 0 Å². The van der Waals surface area contributed by atoms with E-state index in [9.17, 15) is 4.79 Å². The Bertz CT molecular complexity index is 422. The van der Waals surface area contributed by atoms with Crippen molar-refractivity contribution in [3.8, 4) is 0 Å². The molecular formula is C15H23ClN2O. The second-order valence-electron chi connectivity index (χ2n) is 5.20. The molecule has 2 atom stereocenters. The molecule has 1 aliphatic carbocycles. The number of halogens is 1. The first kappa shape index (κ1) is 15.8. The smallest absolute Gasteiger partial charge is 0.253 e. The minimum absolute atomic E-state index is 0. The maximum absolute atomic E-state index is 12.1. The van der Waals surface area contributed by atoms with Gasteiger partial charge in [-0.15, -0.1) is 12.4 Å². The minimum atomic E-state index is -0.0325. The molecule has 0 bridgehead atoms. The number of nitrogens with one attached hydrogen (secondary N) is 1. The molecule has 1 aromatic rings. The molecular weight excluding hydrogens is 260 g/mol. The molecule has 4 heteroatoms. The van der Waals surface area contributed by atoms with Crippen LogP contribution in [-0.2, 0) is 0 Å². The van der Waals surface area contributed by atoms with Crippen molar-refractivity contribution in [2.45, 2.75) is 45.1 Å². The predicted octanol–water partition coefficient (Wildman–Crippen LogP) is 3.39. The number of amides is 1. The van der Waals surface area contributed by atoms with Crippen molar-refractivity contribution in [2.24, 2.45) is 5.92 Å². The normalized spacial score (nSPS) is 22.4. The zero-order valence-corrected chi connectivity index (χ0v) is 12.2. The lowest BCUT2D eigenvalue weighted by molar-refractivity contribution is 0.0920. The summed E-state index contributed by atoms with van der Waals surface area (Å²) >= 11 is 0. The number of carbonyl (C=O) groups is 1. The highest BCUT2D eigenvalue weighted by Gasteiger charge is 2.22. The quantitative estimate of drug-likeness (QED) is 0.835. The van der Waals surface area contributed by atoms with E-state index in [4.69, 9.17) is 5.73 Å². The first-order valence-electron chi connectivity index (χ1n) is 6.86. The van der Waals surface area contributed by atoms with Crippen LogP contribution in [0.2, 0.25) is 0 Å². The van der Waals surface area contributed by atoms with E-state index in [1.807, 2.05) is 12.1 Å². The Hall–Kier alpha value is -1.22. The van der Waals surface area contributed by atoms with Gasteiger partial charge < -0.3 is 11.1 Å². The van der Waals surface area contributed by atoms with Crippen LogP contribution in [-0.4, -0.2) is 11.9 Å². The average molecular weight is 283 g/mol. The molecule has 1 amide bonds. The Morgan fingerprint density at radius 3 is 2.79 bits per heavy atom. The number of nitrogens with two attached hydrogens (primary N) is 1. The van der Waals surface area contributed by atoms with E-state index in [2.05, 4.69) is 12.2 Å². The van der Waals surface area contributed by atoms with Crippen molar-refractivity contribution in [1.82, 2.24) is 5.32 Å². The van der Waals surface area contributed by atoms with Crippen LogP contribution >= 0.6 is 12.4 Å². The van der Waals surface area contributed by atoms with Crippen molar-refractivity contribution in [2.75, 3.05) is 5.73 Å². The van der Waals surface area contributed by atoms with Gasteiger partial charge >= 0.3 is 0 Å². The van der Waals surface area contributed by atoms with Crippen molar-refractivity contribution in [3.05, 3.63) is 29.8 Å². The summed E-state index contributed by atoms with van der Waals surface area (Å²) < 4.78 is 0. The van der Waals surface area contributed by atoms with Gasteiger partial charge in [-0.2, -0.15) is 0 Å². The summed E-state index contributed by atoms with van der Waals surface area (Å²) in [6.45, 7) is 2.23. The summed E-state index contributed by atoms with van der Waals surface area (Å²) in [6, 6.07) is 7.56. The van der Waals surface area contributed by atoms with Crippen molar-refractivity contribution >= 4 is 24.0 Å². The highest BCUT2D eigenvalue weighted by Crippen LogP contribution is 2.26. The van der Waals surface area contributed by atoms with Crippen LogP contribution in [0.25, 0.3) is 0 Å². The summed E-state index contributed by atoms with van der Waals surface area (Å²) in [5, 5.41) is 3.12. The lowest BCUT2D eigenvalue weighted by atomic mass is 9.84. The summed E-state index contributed by atoms with van der Waals surface area (Å²) in [7, 11) is 0. The fourth-order valence-corrected chi connectivity index (χ4v) is 2.76. The van der Waals surface area contributed by atoms with Gasteiger partial charge in [0, 0.05) is 11.7 Å². The fourth-order valence-electron chi connectivity index (χ4n) is 2.76. The van der Waals surface area contributed by atoms with E-state index in [0.717, 1.165) is 18.8 Å². The van der Waals surface area contributed by atoms with Gasteiger partial charge in [-0.1, -0.05) is 38.3 Å². The molecule has 2 unspecified atom stereocenters. The molecule has 0 saturated heterocycles. The van der Waals surface area contributed by atoms with E-state index in [1.54, 1.807) is 12.1 Å². The minimum Gasteiger partial charge on any atom is -0.398 e. The highest BCUT2D eigenvalue weighted by molar-refractivity contribution is 5.99. The molecule has 1 aliphatic rings. The average Bonchev–Trinajstić information content (AvgIpc) is 2.39. The topological polar surface area (TPSA) is 55.1 Å². The Labute approximate surface area is 121 Å². The first-order valence-corrected chi connectivity index (χ1v) is 6.86. The summed E-state index contributed by atoms with van der Waals surface area (Å²) in [4.78, 5) is 12.1. The number of rotatable bonds is 3. The number of hydrogen-bond donors (Lipinski definition) is 2. The molecule has 1 fully saturated rings. The van der Waals surface area contributed by atoms with Gasteiger partial charge in [0.2, 0.25) is 0 Å². The first-order chi connectivity index (χ1) is 8.70. The van der Waals surface area contributed by atoms with Crippen LogP contribution < -0.4 is 11.1 Å². The lowest BCUT2D eigenvalue weighted by Gasteiger charge is -2.29. The molecule has 1 aromatic carbocycles. The van der Waals surface area contributed by atoms with Gasteiger partial charge in [-0.25, -0.2) is 0 Å². The largest absolute Gasteiger partial charge is 0.398 e. The summed E-state index contributed by atoms with van der Waals surface area (Å²) in [5.41, 5.74) is 6.97. The second kappa shape index (κ2) is 7.39. The maximum atomic E-state index is 12.1. The molecule has 0 heterocycles. The third-order valence-corrected chi connectivity index (χ3v) is 3.90. The lowest BCUT2D eigenvalue weighted by Crippen LogP contribution is -2.38. The van der Waals surface area contributed by atoms with Crippen LogP contribution in [0.4, 0.5) is 5.69 Å². The molecule has 106 valence electrons. The zero-order chi connectivity index (χ0) is 13.0. The van der Waals surface area contributed by atoms with E-state index in [0.29, 0.717) is 17.3 Å². The van der Waals surface area contributed by atoms with Crippen molar-refractivity contribution in [3.63, 3.8) is 0 Å². The van der Waals surface area contributed by atoms with Gasteiger partial charge in [-0.05, 0) is 30.9 Å². The monoisotopic (exact) mass is 282 g/mol. The Kier molecular flexibility index (Phi) is 6.16. The standard InChI is InChI=1S/C15H22N2O.ClH/c1-2-11-6-5-7-12(10-11)17-15(18)13-8-3-4-9-14(13)16;/h3-4,8-9,11-12H,2,5-7,10,16H2,1H3,(H,17,18);1H. The highest BCUT2D eigenvalue weighted by atomic mass is 35.5. The van der Waals surface area contributed by atoms with E-state index in [1.165, 1.54) is 19.3 Å². The van der Waals surface area contributed by atoms with Gasteiger partial charge in [-0.3, -0.25) is 4.79 Å². The molecule has 2 rings (SSSR count).